The highest BCUT2D eigenvalue weighted by Crippen LogP contribution is 1.86. The van der Waals surface area contributed by atoms with Gasteiger partial charge in [-0.3, -0.25) is 10.2 Å². The van der Waals surface area contributed by atoms with Crippen molar-refractivity contribution in [2.75, 3.05) is 0 Å². The maximum absolute atomic E-state index is 10.6. The summed E-state index contributed by atoms with van der Waals surface area (Å²) < 4.78 is 4.64. The van der Waals surface area contributed by atoms with Crippen LogP contribution < -0.4 is 10.9 Å². The first kappa shape index (κ1) is 9.74. The molecule has 0 spiro atoms. The summed E-state index contributed by atoms with van der Waals surface area (Å²) in [7, 11) is 0. The Bertz CT molecular complexity index is 156. The number of amides is 2. The fourth-order valence-corrected chi connectivity index (χ4v) is 0.383. The molecule has 0 aliphatic carbocycles. The number of ether oxygens (including phenoxy) is 1. The van der Waals surface area contributed by atoms with Crippen molar-refractivity contribution in [3.8, 4) is 0 Å². The first-order valence-corrected chi connectivity index (χ1v) is 3.25. The Kier molecular flexibility index (Phi) is 4.02. The lowest BCUT2D eigenvalue weighted by Gasteiger charge is -2.08. The molecule has 2 N–H and O–H groups in total. The quantitative estimate of drug-likeness (QED) is 0.537. The fraction of sp³-hybridized carbons (Fsp3) is 0.667. The number of rotatable bonds is 1. The van der Waals surface area contributed by atoms with Crippen molar-refractivity contribution in [1.82, 2.24) is 10.9 Å². The third-order valence-electron chi connectivity index (χ3n) is 0.683. The monoisotopic (exact) mass is 160 g/mol. The summed E-state index contributed by atoms with van der Waals surface area (Å²) in [5.41, 5.74) is 4.14. The van der Waals surface area contributed by atoms with Crippen molar-refractivity contribution in [2.45, 2.75) is 26.9 Å². The van der Waals surface area contributed by atoms with E-state index in [0.29, 0.717) is 0 Å². The van der Waals surface area contributed by atoms with E-state index >= 15 is 0 Å². The highest BCUT2D eigenvalue weighted by molar-refractivity contribution is 5.76. The Morgan fingerprint density at radius 1 is 1.27 bits per heavy atom. The molecule has 0 unspecified atom stereocenters. The zero-order valence-corrected chi connectivity index (χ0v) is 6.80. The average Bonchev–Trinajstić information content (AvgIpc) is 1.82. The Morgan fingerprint density at radius 2 is 1.82 bits per heavy atom. The lowest BCUT2D eigenvalue weighted by molar-refractivity contribution is -0.119. The van der Waals surface area contributed by atoms with Crippen LogP contribution in [0.3, 0.4) is 0 Å². The molecule has 11 heavy (non-hydrogen) atoms. The van der Waals surface area contributed by atoms with Crippen molar-refractivity contribution in [2.24, 2.45) is 0 Å². The second-order valence-corrected chi connectivity index (χ2v) is 2.26. The number of hydrogen-bond donors (Lipinski definition) is 2. The summed E-state index contributed by atoms with van der Waals surface area (Å²) in [5.74, 6) is -0.342. The van der Waals surface area contributed by atoms with Gasteiger partial charge in [0.25, 0.3) is 0 Å². The molecule has 0 bridgehead atoms. The maximum atomic E-state index is 10.6. The first-order valence-electron chi connectivity index (χ1n) is 3.25. The van der Waals surface area contributed by atoms with E-state index in [1.807, 2.05) is 0 Å². The third-order valence-corrected chi connectivity index (χ3v) is 0.683. The molecule has 5 heteroatoms. The van der Waals surface area contributed by atoms with E-state index < -0.39 is 6.09 Å². The van der Waals surface area contributed by atoms with Crippen LogP contribution in [-0.2, 0) is 9.53 Å². The molecule has 0 radical (unpaired) electrons. The number of carbonyl (C=O) groups excluding carboxylic acids is 2. The standard InChI is InChI=1S/C6H12N2O3/c1-4(2)11-6(10)8-7-5(3)9/h4H,1-3H3,(H,7,9)(H,8,10). The zero-order chi connectivity index (χ0) is 8.85. The molecule has 0 aromatic rings. The van der Waals surface area contributed by atoms with Gasteiger partial charge in [0.15, 0.2) is 0 Å². The summed E-state index contributed by atoms with van der Waals surface area (Å²) in [6.45, 7) is 4.72. The molecule has 0 saturated carbocycles. The molecule has 0 aromatic heterocycles. The molecule has 0 atom stereocenters. The van der Waals surface area contributed by atoms with Gasteiger partial charge in [0.05, 0.1) is 6.10 Å². The van der Waals surface area contributed by atoms with E-state index in [-0.39, 0.29) is 12.0 Å². The lowest BCUT2D eigenvalue weighted by atomic mass is 10.5. The molecular formula is C6H12N2O3. The topological polar surface area (TPSA) is 67.4 Å². The maximum Gasteiger partial charge on any atom is 0.426 e. The van der Waals surface area contributed by atoms with Crippen molar-refractivity contribution in [1.29, 1.82) is 0 Å². The zero-order valence-electron chi connectivity index (χ0n) is 6.80. The van der Waals surface area contributed by atoms with Crippen molar-refractivity contribution < 1.29 is 14.3 Å². The largest absolute Gasteiger partial charge is 0.446 e. The van der Waals surface area contributed by atoms with Gasteiger partial charge in [-0.15, -0.1) is 0 Å². The van der Waals surface area contributed by atoms with Crippen LogP contribution in [0.4, 0.5) is 4.79 Å². The first-order chi connectivity index (χ1) is 5.02. The summed E-state index contributed by atoms with van der Waals surface area (Å²) in [6, 6.07) is 0. The predicted molar refractivity (Wildman–Crippen MR) is 38.6 cm³/mol. The summed E-state index contributed by atoms with van der Waals surface area (Å²) >= 11 is 0. The van der Waals surface area contributed by atoms with Gasteiger partial charge in [-0.2, -0.15) is 0 Å². The van der Waals surface area contributed by atoms with E-state index in [1.54, 1.807) is 13.8 Å². The molecule has 2 amide bonds. The van der Waals surface area contributed by atoms with Gasteiger partial charge in [0.1, 0.15) is 0 Å². The molecule has 0 saturated heterocycles. The molecule has 0 aromatic carbocycles. The van der Waals surface area contributed by atoms with Gasteiger partial charge < -0.3 is 4.74 Å². The van der Waals surface area contributed by atoms with E-state index in [4.69, 9.17) is 0 Å². The van der Waals surface area contributed by atoms with E-state index in [9.17, 15) is 9.59 Å². The minimum absolute atomic E-state index is 0.191. The normalized spacial score (nSPS) is 9.09. The van der Waals surface area contributed by atoms with Crippen LogP contribution in [0.1, 0.15) is 20.8 Å². The van der Waals surface area contributed by atoms with E-state index in [1.165, 1.54) is 6.92 Å². The minimum Gasteiger partial charge on any atom is -0.446 e. The SMILES string of the molecule is CC(=O)NNC(=O)OC(C)C. The average molecular weight is 160 g/mol. The Hall–Kier alpha value is -1.26. The third kappa shape index (κ3) is 6.63. The van der Waals surface area contributed by atoms with Gasteiger partial charge >= 0.3 is 6.09 Å². The number of hydrazine groups is 1. The number of carbonyl (C=O) groups is 2. The Balaban J connectivity index is 3.45. The molecule has 0 heterocycles. The van der Waals surface area contributed by atoms with Crippen LogP contribution in [0.15, 0.2) is 0 Å². The molecule has 64 valence electrons. The minimum atomic E-state index is -0.657. The van der Waals surface area contributed by atoms with Crippen LogP contribution in [0.25, 0.3) is 0 Å². The lowest BCUT2D eigenvalue weighted by Crippen LogP contribution is -2.41. The van der Waals surface area contributed by atoms with Gasteiger partial charge in [-0.1, -0.05) is 0 Å². The van der Waals surface area contributed by atoms with Crippen molar-refractivity contribution in [3.63, 3.8) is 0 Å². The summed E-state index contributed by atoms with van der Waals surface area (Å²) in [6.07, 6.45) is -0.848. The summed E-state index contributed by atoms with van der Waals surface area (Å²) in [5, 5.41) is 0. The predicted octanol–water partition coefficient (Wildman–Crippen LogP) is 0.172. The molecule has 0 fully saturated rings. The molecule has 0 aliphatic heterocycles. The molecule has 5 nitrogen and oxygen atoms in total. The second-order valence-electron chi connectivity index (χ2n) is 2.26. The van der Waals surface area contributed by atoms with Crippen LogP contribution in [0, 0.1) is 0 Å². The molecular weight excluding hydrogens is 148 g/mol. The molecule has 0 rings (SSSR count). The molecule has 0 aliphatic rings. The second kappa shape index (κ2) is 4.54. The van der Waals surface area contributed by atoms with Crippen molar-refractivity contribution >= 4 is 12.0 Å². The highest BCUT2D eigenvalue weighted by Gasteiger charge is 2.03. The fourth-order valence-electron chi connectivity index (χ4n) is 0.383. The van der Waals surface area contributed by atoms with Gasteiger partial charge in [0.2, 0.25) is 5.91 Å². The van der Waals surface area contributed by atoms with Crippen molar-refractivity contribution in [3.05, 3.63) is 0 Å². The van der Waals surface area contributed by atoms with Crippen LogP contribution in [0.5, 0.6) is 0 Å². The number of nitrogens with one attached hydrogen (secondary N) is 2. The van der Waals surface area contributed by atoms with Crippen LogP contribution >= 0.6 is 0 Å². The number of hydrogen-bond acceptors (Lipinski definition) is 3. The smallest absolute Gasteiger partial charge is 0.426 e. The van der Waals surface area contributed by atoms with Gasteiger partial charge in [0, 0.05) is 6.92 Å². The van der Waals surface area contributed by atoms with Gasteiger partial charge in [-0.25, -0.2) is 10.2 Å². The van der Waals surface area contributed by atoms with E-state index in [0.717, 1.165) is 0 Å². The van der Waals surface area contributed by atoms with Crippen LogP contribution in [-0.4, -0.2) is 18.1 Å². The summed E-state index contributed by atoms with van der Waals surface area (Å²) in [4.78, 5) is 20.9. The van der Waals surface area contributed by atoms with Crippen LogP contribution in [0.2, 0.25) is 0 Å². The van der Waals surface area contributed by atoms with E-state index in [2.05, 4.69) is 15.6 Å². The Labute approximate surface area is 65.1 Å². The Morgan fingerprint density at radius 3 is 2.18 bits per heavy atom. The van der Waals surface area contributed by atoms with Gasteiger partial charge in [-0.05, 0) is 13.8 Å². The highest BCUT2D eigenvalue weighted by atomic mass is 16.6.